The summed E-state index contributed by atoms with van der Waals surface area (Å²) < 4.78 is 11.5. The van der Waals surface area contributed by atoms with Gasteiger partial charge >= 0.3 is 6.09 Å². The van der Waals surface area contributed by atoms with Crippen molar-refractivity contribution in [2.24, 2.45) is 0 Å². The summed E-state index contributed by atoms with van der Waals surface area (Å²) in [4.78, 5) is 19.3. The van der Waals surface area contributed by atoms with E-state index in [1.165, 1.54) is 0 Å². The van der Waals surface area contributed by atoms with Gasteiger partial charge < -0.3 is 9.15 Å². The summed E-state index contributed by atoms with van der Waals surface area (Å²) in [6, 6.07) is 20.4. The minimum atomic E-state index is -0.530. The van der Waals surface area contributed by atoms with Gasteiger partial charge in [-0.3, -0.25) is 4.90 Å². The molecule has 0 radical (unpaired) electrons. The highest BCUT2D eigenvalue weighted by Gasteiger charge is 2.36. The predicted octanol–water partition coefficient (Wildman–Crippen LogP) is 5.93. The number of rotatable bonds is 4. The Bertz CT molecular complexity index is 937. The van der Waals surface area contributed by atoms with E-state index in [0.717, 1.165) is 29.7 Å². The third-order valence-corrected chi connectivity index (χ3v) is 5.27. The first-order valence-electron chi connectivity index (χ1n) is 10.5. The average molecular weight is 405 g/mol. The summed E-state index contributed by atoms with van der Waals surface area (Å²) in [5.74, 6) is 0.548. The standard InChI is InChI=1S/C25H28N2O3/c1-25(2,3)30-24(28)27-16-10-15-21(27)23-26-20(17-29-23)22(18-11-6-4-7-12-18)19-13-8-5-9-14-19/h4-9,11-14,17,21-22H,10,15-16H2,1-3H3/t21-/m1/s1. The third-order valence-electron chi connectivity index (χ3n) is 5.27. The van der Waals surface area contributed by atoms with E-state index in [4.69, 9.17) is 14.1 Å². The molecule has 0 bridgehead atoms. The number of likely N-dealkylation sites (tertiary alicyclic amines) is 1. The third kappa shape index (κ3) is 4.40. The van der Waals surface area contributed by atoms with Crippen molar-refractivity contribution in [3.8, 4) is 0 Å². The van der Waals surface area contributed by atoms with Crippen LogP contribution in [-0.4, -0.2) is 28.1 Å². The van der Waals surface area contributed by atoms with Gasteiger partial charge in [-0.25, -0.2) is 9.78 Å². The minimum Gasteiger partial charge on any atom is -0.446 e. The maximum absolute atomic E-state index is 12.7. The summed E-state index contributed by atoms with van der Waals surface area (Å²) >= 11 is 0. The molecule has 4 rings (SSSR count). The number of hydrogen-bond donors (Lipinski definition) is 0. The van der Waals surface area contributed by atoms with E-state index >= 15 is 0 Å². The average Bonchev–Trinajstić information content (AvgIpc) is 3.38. The molecule has 0 saturated carbocycles. The first-order valence-corrected chi connectivity index (χ1v) is 10.5. The van der Waals surface area contributed by atoms with E-state index in [2.05, 4.69) is 24.3 Å². The Morgan fingerprint density at radius 1 is 1.07 bits per heavy atom. The quantitative estimate of drug-likeness (QED) is 0.541. The molecule has 0 unspecified atom stereocenters. The van der Waals surface area contributed by atoms with Gasteiger partial charge in [-0.2, -0.15) is 0 Å². The zero-order chi connectivity index (χ0) is 21.1. The first kappa shape index (κ1) is 20.2. The lowest BCUT2D eigenvalue weighted by Crippen LogP contribution is -2.36. The van der Waals surface area contributed by atoms with Crippen LogP contribution < -0.4 is 0 Å². The Morgan fingerprint density at radius 3 is 2.23 bits per heavy atom. The molecule has 2 aromatic carbocycles. The summed E-state index contributed by atoms with van der Waals surface area (Å²) in [5, 5.41) is 0. The molecule has 3 aromatic rings. The molecule has 2 heterocycles. The van der Waals surface area contributed by atoms with Gasteiger partial charge in [0.25, 0.3) is 0 Å². The minimum absolute atomic E-state index is 0.0266. The van der Waals surface area contributed by atoms with Crippen LogP contribution >= 0.6 is 0 Å². The van der Waals surface area contributed by atoms with Crippen LogP contribution in [0.25, 0.3) is 0 Å². The lowest BCUT2D eigenvalue weighted by molar-refractivity contribution is 0.0204. The van der Waals surface area contributed by atoms with E-state index in [1.54, 1.807) is 11.2 Å². The van der Waals surface area contributed by atoms with Crippen molar-refractivity contribution in [1.29, 1.82) is 0 Å². The van der Waals surface area contributed by atoms with Crippen molar-refractivity contribution in [1.82, 2.24) is 9.88 Å². The van der Waals surface area contributed by atoms with Crippen LogP contribution in [0.15, 0.2) is 71.3 Å². The number of carbonyl (C=O) groups is 1. The van der Waals surface area contributed by atoms with E-state index in [0.29, 0.717) is 12.4 Å². The molecular weight excluding hydrogens is 376 g/mol. The molecule has 5 heteroatoms. The molecule has 1 amide bonds. The number of benzene rings is 2. The van der Waals surface area contributed by atoms with Gasteiger partial charge in [-0.15, -0.1) is 0 Å². The van der Waals surface area contributed by atoms with E-state index in [-0.39, 0.29) is 18.1 Å². The van der Waals surface area contributed by atoms with Gasteiger partial charge in [0.2, 0.25) is 5.89 Å². The number of amides is 1. The van der Waals surface area contributed by atoms with E-state index in [1.807, 2.05) is 57.2 Å². The molecule has 0 aliphatic carbocycles. The van der Waals surface area contributed by atoms with Gasteiger partial charge in [-0.1, -0.05) is 60.7 Å². The highest BCUT2D eigenvalue weighted by molar-refractivity contribution is 5.69. The molecule has 0 N–H and O–H groups in total. The molecule has 1 aliphatic heterocycles. The molecule has 0 spiro atoms. The second-order valence-corrected chi connectivity index (χ2v) is 8.70. The summed E-state index contributed by atoms with van der Waals surface area (Å²) in [5.41, 5.74) is 2.62. The van der Waals surface area contributed by atoms with Crippen molar-refractivity contribution in [2.75, 3.05) is 6.54 Å². The van der Waals surface area contributed by atoms with Gasteiger partial charge in [0.1, 0.15) is 17.9 Å². The molecule has 156 valence electrons. The van der Waals surface area contributed by atoms with Gasteiger partial charge in [0.05, 0.1) is 11.6 Å². The Kier molecular flexibility index (Phi) is 5.62. The van der Waals surface area contributed by atoms with Crippen LogP contribution in [0, 0.1) is 0 Å². The van der Waals surface area contributed by atoms with Crippen LogP contribution in [0.3, 0.4) is 0 Å². The van der Waals surface area contributed by atoms with Crippen molar-refractivity contribution in [3.63, 3.8) is 0 Å². The highest BCUT2D eigenvalue weighted by atomic mass is 16.6. The molecule has 1 atom stereocenters. The van der Waals surface area contributed by atoms with Crippen LogP contribution in [0.5, 0.6) is 0 Å². The molecular formula is C25H28N2O3. The second kappa shape index (κ2) is 8.34. The zero-order valence-electron chi connectivity index (χ0n) is 17.7. The number of nitrogens with zero attached hydrogens (tertiary/aromatic N) is 2. The maximum Gasteiger partial charge on any atom is 0.410 e. The van der Waals surface area contributed by atoms with Gasteiger partial charge in [0.15, 0.2) is 0 Å². The lowest BCUT2D eigenvalue weighted by Gasteiger charge is -2.27. The van der Waals surface area contributed by atoms with Crippen molar-refractivity contribution >= 4 is 6.09 Å². The molecule has 1 saturated heterocycles. The smallest absolute Gasteiger partial charge is 0.410 e. The number of oxazole rings is 1. The SMILES string of the molecule is CC(C)(C)OC(=O)N1CCC[C@@H]1c1nc(C(c2ccccc2)c2ccccc2)co1. The van der Waals surface area contributed by atoms with Crippen LogP contribution in [0.2, 0.25) is 0 Å². The van der Waals surface area contributed by atoms with Crippen LogP contribution in [0.4, 0.5) is 4.79 Å². The first-order chi connectivity index (χ1) is 14.4. The fourth-order valence-electron chi connectivity index (χ4n) is 3.97. The molecule has 1 aromatic heterocycles. The normalized spacial score (nSPS) is 16.8. The fourth-order valence-corrected chi connectivity index (χ4v) is 3.97. The summed E-state index contributed by atoms with van der Waals surface area (Å²) in [7, 11) is 0. The molecule has 5 nitrogen and oxygen atoms in total. The van der Waals surface area contributed by atoms with Crippen molar-refractivity contribution in [2.45, 2.75) is 51.2 Å². The Labute approximate surface area is 177 Å². The zero-order valence-corrected chi connectivity index (χ0v) is 17.7. The van der Waals surface area contributed by atoms with E-state index in [9.17, 15) is 4.79 Å². The van der Waals surface area contributed by atoms with Crippen molar-refractivity contribution < 1.29 is 13.9 Å². The molecule has 1 fully saturated rings. The largest absolute Gasteiger partial charge is 0.446 e. The van der Waals surface area contributed by atoms with Gasteiger partial charge in [0, 0.05) is 6.54 Å². The number of aromatic nitrogens is 1. The number of carbonyl (C=O) groups excluding carboxylic acids is 1. The number of hydrogen-bond acceptors (Lipinski definition) is 4. The topological polar surface area (TPSA) is 55.6 Å². The second-order valence-electron chi connectivity index (χ2n) is 8.70. The Hall–Kier alpha value is -3.08. The lowest BCUT2D eigenvalue weighted by atomic mass is 9.89. The fraction of sp³-hybridized carbons (Fsp3) is 0.360. The molecule has 30 heavy (non-hydrogen) atoms. The number of ether oxygens (including phenoxy) is 1. The maximum atomic E-state index is 12.7. The van der Waals surface area contributed by atoms with Crippen molar-refractivity contribution in [3.05, 3.63) is 89.6 Å². The van der Waals surface area contributed by atoms with Gasteiger partial charge in [-0.05, 0) is 44.7 Å². The Balaban J connectivity index is 1.64. The summed E-state index contributed by atoms with van der Waals surface area (Å²) in [6.07, 6.45) is 3.14. The molecule has 1 aliphatic rings. The van der Waals surface area contributed by atoms with E-state index < -0.39 is 5.60 Å². The van der Waals surface area contributed by atoms with Crippen LogP contribution in [0.1, 0.15) is 68.3 Å². The highest BCUT2D eigenvalue weighted by Crippen LogP contribution is 2.36. The monoisotopic (exact) mass is 404 g/mol. The van der Waals surface area contributed by atoms with Crippen LogP contribution in [-0.2, 0) is 4.74 Å². The Morgan fingerprint density at radius 2 is 1.67 bits per heavy atom. The predicted molar refractivity (Wildman–Crippen MR) is 115 cm³/mol. The summed E-state index contributed by atoms with van der Waals surface area (Å²) in [6.45, 7) is 6.29.